The van der Waals surface area contributed by atoms with Gasteiger partial charge in [-0.3, -0.25) is 0 Å². The van der Waals surface area contributed by atoms with Crippen LogP contribution in [0.4, 0.5) is 0 Å². The van der Waals surface area contributed by atoms with Crippen molar-refractivity contribution in [2.24, 2.45) is 0 Å². The Morgan fingerprint density at radius 1 is 0.704 bits per heavy atom. The molecule has 0 radical (unpaired) electrons. The molecule has 158 valence electrons. The molecule has 0 saturated carbocycles. The molecule has 0 atom stereocenters. The molecule has 27 heavy (non-hydrogen) atoms. The molecule has 0 amide bonds. The molecule has 1 rings (SSSR count). The molecule has 0 unspecified atom stereocenters. The molecule has 2 heteroatoms. The molecule has 1 aromatic heterocycles. The topological polar surface area (TPSA) is 8.81 Å². The molecule has 0 fully saturated rings. The molecule has 2 nitrogen and oxygen atoms in total. The van der Waals surface area contributed by atoms with Crippen LogP contribution in [0.1, 0.15) is 135 Å². The van der Waals surface area contributed by atoms with Crippen molar-refractivity contribution in [1.29, 1.82) is 0 Å². The van der Waals surface area contributed by atoms with Crippen molar-refractivity contribution >= 4 is 0 Å². The number of imidazole rings is 1. The highest BCUT2D eigenvalue weighted by Gasteiger charge is 2.13. The van der Waals surface area contributed by atoms with Crippen LogP contribution in [-0.4, -0.2) is 4.57 Å². The van der Waals surface area contributed by atoms with E-state index in [1.54, 1.807) is 0 Å². The highest BCUT2D eigenvalue weighted by Crippen LogP contribution is 2.14. The summed E-state index contributed by atoms with van der Waals surface area (Å²) in [5.74, 6) is 1.39. The van der Waals surface area contributed by atoms with E-state index in [4.69, 9.17) is 0 Å². The lowest BCUT2D eigenvalue weighted by atomic mass is 10.0. The number of aromatic nitrogens is 2. The number of rotatable bonds is 18. The van der Waals surface area contributed by atoms with Crippen molar-refractivity contribution in [3.8, 4) is 0 Å². The first-order chi connectivity index (χ1) is 13.2. The van der Waals surface area contributed by atoms with Crippen LogP contribution in [0, 0.1) is 6.92 Å². The lowest BCUT2D eigenvalue weighted by Gasteiger charge is -2.04. The van der Waals surface area contributed by atoms with E-state index in [2.05, 4.69) is 49.2 Å². The van der Waals surface area contributed by atoms with Gasteiger partial charge < -0.3 is 0 Å². The molecular weight excluding hydrogens is 328 g/mol. The van der Waals surface area contributed by atoms with Crippen molar-refractivity contribution in [1.82, 2.24) is 4.57 Å². The molecule has 0 aromatic carbocycles. The van der Waals surface area contributed by atoms with Crippen molar-refractivity contribution in [3.63, 3.8) is 0 Å². The van der Waals surface area contributed by atoms with E-state index in [-0.39, 0.29) is 0 Å². The molecule has 0 aliphatic heterocycles. The van der Waals surface area contributed by atoms with Gasteiger partial charge in [-0.15, -0.1) is 0 Å². The van der Waals surface area contributed by atoms with E-state index in [1.807, 2.05) is 0 Å². The zero-order valence-electron chi connectivity index (χ0n) is 19.1. The lowest BCUT2D eigenvalue weighted by molar-refractivity contribution is -0.703. The van der Waals surface area contributed by atoms with Gasteiger partial charge in [-0.25, -0.2) is 9.13 Å². The summed E-state index contributed by atoms with van der Waals surface area (Å²) >= 11 is 0. The third-order valence-corrected chi connectivity index (χ3v) is 6.01. The summed E-state index contributed by atoms with van der Waals surface area (Å²) in [7, 11) is 0. The maximum atomic E-state index is 2.42. The van der Waals surface area contributed by atoms with Gasteiger partial charge in [-0.2, -0.15) is 0 Å². The predicted octanol–water partition coefficient (Wildman–Crippen LogP) is 7.93. The second kappa shape index (κ2) is 16.2. The number of nitrogens with zero attached hydrogens (tertiary/aromatic N) is 2. The average molecular weight is 378 g/mol. The van der Waals surface area contributed by atoms with Crippen LogP contribution >= 0.6 is 0 Å². The van der Waals surface area contributed by atoms with Crippen LogP contribution in [0.15, 0.2) is 12.4 Å². The normalized spacial score (nSPS) is 11.6. The number of unbranched alkanes of at least 4 members (excludes halogenated alkanes) is 15. The molecule has 0 N–H and O–H groups in total. The van der Waals surface area contributed by atoms with Crippen molar-refractivity contribution in [2.45, 2.75) is 143 Å². The predicted molar refractivity (Wildman–Crippen MR) is 119 cm³/mol. The van der Waals surface area contributed by atoms with Gasteiger partial charge in [0.1, 0.15) is 12.4 Å². The molecule has 0 bridgehead atoms. The van der Waals surface area contributed by atoms with Crippen molar-refractivity contribution in [2.75, 3.05) is 0 Å². The fraction of sp³-hybridized carbons (Fsp3) is 0.880. The van der Waals surface area contributed by atoms with E-state index in [0.29, 0.717) is 6.04 Å². The highest BCUT2D eigenvalue weighted by atomic mass is 15.2. The maximum Gasteiger partial charge on any atom is 0.253 e. The van der Waals surface area contributed by atoms with Crippen LogP contribution in [0.2, 0.25) is 0 Å². The molecule has 0 aliphatic carbocycles. The largest absolute Gasteiger partial charge is 0.253 e. The van der Waals surface area contributed by atoms with Gasteiger partial charge in [0.25, 0.3) is 5.82 Å². The summed E-state index contributed by atoms with van der Waals surface area (Å²) < 4.78 is 4.79. The summed E-state index contributed by atoms with van der Waals surface area (Å²) in [6.45, 7) is 10.2. The zero-order chi connectivity index (χ0) is 19.7. The number of hydrogen-bond donors (Lipinski definition) is 0. The lowest BCUT2D eigenvalue weighted by Crippen LogP contribution is -2.35. The monoisotopic (exact) mass is 377 g/mol. The van der Waals surface area contributed by atoms with E-state index in [1.165, 1.54) is 115 Å². The standard InChI is InChI=1S/C25H49N2/c1-5-6-7-8-9-10-11-12-13-14-15-16-17-18-19-20-21-26-22-23-27(24(2)3)25(26)4/h22-24H,5-21H2,1-4H3/q+1. The van der Waals surface area contributed by atoms with Gasteiger partial charge in [0.2, 0.25) is 0 Å². The van der Waals surface area contributed by atoms with Crippen LogP contribution in [0.5, 0.6) is 0 Å². The first kappa shape index (κ1) is 24.2. The quantitative estimate of drug-likeness (QED) is 0.181. The van der Waals surface area contributed by atoms with E-state index in [9.17, 15) is 0 Å². The highest BCUT2D eigenvalue weighted by molar-refractivity contribution is 4.82. The maximum absolute atomic E-state index is 2.42. The number of aryl methyl sites for hydroxylation is 1. The van der Waals surface area contributed by atoms with Gasteiger partial charge in [-0.05, 0) is 26.7 Å². The Bertz CT molecular complexity index is 447. The third-order valence-electron chi connectivity index (χ3n) is 6.01. The van der Waals surface area contributed by atoms with Crippen molar-refractivity contribution in [3.05, 3.63) is 18.2 Å². The van der Waals surface area contributed by atoms with E-state index >= 15 is 0 Å². The van der Waals surface area contributed by atoms with E-state index < -0.39 is 0 Å². The molecular formula is C25H49N2+. The Balaban J connectivity index is 1.83. The summed E-state index contributed by atoms with van der Waals surface area (Å²) in [5.41, 5.74) is 0. The minimum atomic E-state index is 0.567. The van der Waals surface area contributed by atoms with Gasteiger partial charge in [0.15, 0.2) is 0 Å². The van der Waals surface area contributed by atoms with Gasteiger partial charge in [0, 0.05) is 6.92 Å². The first-order valence-electron chi connectivity index (χ1n) is 12.2. The van der Waals surface area contributed by atoms with Crippen LogP contribution in [0.25, 0.3) is 0 Å². The summed E-state index contributed by atoms with van der Waals surface area (Å²) in [4.78, 5) is 0. The Morgan fingerprint density at radius 3 is 1.48 bits per heavy atom. The fourth-order valence-corrected chi connectivity index (χ4v) is 4.13. The Kier molecular flexibility index (Phi) is 14.5. The van der Waals surface area contributed by atoms with Crippen molar-refractivity contribution < 1.29 is 4.57 Å². The third kappa shape index (κ3) is 11.6. The Hall–Kier alpha value is -0.790. The summed E-state index contributed by atoms with van der Waals surface area (Å²) in [6.07, 6.45) is 27.5. The van der Waals surface area contributed by atoms with E-state index in [0.717, 1.165) is 0 Å². The summed E-state index contributed by atoms with van der Waals surface area (Å²) in [5, 5.41) is 0. The SMILES string of the molecule is CCCCCCCCCCCCCCCCCC[n+]1ccn(C(C)C)c1C. The van der Waals surface area contributed by atoms with Gasteiger partial charge in [-0.1, -0.05) is 96.8 Å². The second-order valence-corrected chi connectivity index (χ2v) is 8.84. The first-order valence-corrected chi connectivity index (χ1v) is 12.2. The molecule has 1 aromatic rings. The smallest absolute Gasteiger partial charge is 0.234 e. The zero-order valence-corrected chi connectivity index (χ0v) is 19.1. The van der Waals surface area contributed by atoms with Crippen LogP contribution in [-0.2, 0) is 6.54 Å². The second-order valence-electron chi connectivity index (χ2n) is 8.84. The number of hydrogen-bond acceptors (Lipinski definition) is 0. The molecule has 0 aliphatic rings. The minimum absolute atomic E-state index is 0.567. The van der Waals surface area contributed by atoms with Crippen LogP contribution < -0.4 is 4.57 Å². The van der Waals surface area contributed by atoms with Gasteiger partial charge in [0.05, 0.1) is 12.6 Å². The average Bonchev–Trinajstić information content (AvgIpc) is 3.02. The fourth-order valence-electron chi connectivity index (χ4n) is 4.13. The Labute approximate surface area is 170 Å². The summed E-state index contributed by atoms with van der Waals surface area (Å²) in [6, 6.07) is 0.567. The Morgan fingerprint density at radius 2 is 1.11 bits per heavy atom. The molecule has 1 heterocycles. The molecule has 0 saturated heterocycles. The molecule has 0 spiro atoms. The van der Waals surface area contributed by atoms with Gasteiger partial charge >= 0.3 is 0 Å². The van der Waals surface area contributed by atoms with Crippen LogP contribution in [0.3, 0.4) is 0 Å². The minimum Gasteiger partial charge on any atom is -0.234 e.